The monoisotopic (exact) mass is 195 g/mol. The molecule has 0 atom stereocenters. The van der Waals surface area contributed by atoms with Gasteiger partial charge in [-0.05, 0) is 32.3 Å². The zero-order valence-electron chi connectivity index (χ0n) is 8.53. The summed E-state index contributed by atoms with van der Waals surface area (Å²) in [4.78, 5) is 8.31. The topological polar surface area (TPSA) is 58.0 Å². The van der Waals surface area contributed by atoms with Gasteiger partial charge in [0.15, 0.2) is 0 Å². The average Bonchev–Trinajstić information content (AvgIpc) is 2.18. The standard InChI is InChI=1S/C10H17N3O/c1-9-5-7-12-10(13-9)11-6-3-2-4-8-14/h5,7,14H,2-4,6,8H2,1H3,(H,11,12,13). The lowest BCUT2D eigenvalue weighted by molar-refractivity contribution is 0.283. The van der Waals surface area contributed by atoms with E-state index in [9.17, 15) is 0 Å². The first kappa shape index (κ1) is 10.9. The van der Waals surface area contributed by atoms with E-state index in [1.165, 1.54) is 0 Å². The lowest BCUT2D eigenvalue weighted by Gasteiger charge is -2.03. The van der Waals surface area contributed by atoms with Crippen LogP contribution in [0.25, 0.3) is 0 Å². The maximum absolute atomic E-state index is 8.57. The molecule has 0 aliphatic heterocycles. The minimum Gasteiger partial charge on any atom is -0.396 e. The number of nitrogens with one attached hydrogen (secondary N) is 1. The zero-order chi connectivity index (χ0) is 10.2. The molecule has 1 rings (SSSR count). The maximum Gasteiger partial charge on any atom is 0.222 e. The summed E-state index contributed by atoms with van der Waals surface area (Å²) in [5.41, 5.74) is 0.970. The molecule has 14 heavy (non-hydrogen) atoms. The minimum absolute atomic E-state index is 0.279. The van der Waals surface area contributed by atoms with Gasteiger partial charge in [0.25, 0.3) is 0 Å². The molecule has 1 heterocycles. The molecule has 0 aromatic carbocycles. The molecule has 0 fully saturated rings. The molecule has 0 unspecified atom stereocenters. The Morgan fingerprint density at radius 2 is 2.21 bits per heavy atom. The SMILES string of the molecule is Cc1ccnc(NCCCCCO)n1. The summed E-state index contributed by atoms with van der Waals surface area (Å²) in [7, 11) is 0. The number of unbranched alkanes of at least 4 members (excludes halogenated alkanes) is 2. The van der Waals surface area contributed by atoms with Crippen LogP contribution in [-0.2, 0) is 0 Å². The van der Waals surface area contributed by atoms with Gasteiger partial charge in [-0.2, -0.15) is 0 Å². The van der Waals surface area contributed by atoms with Gasteiger partial charge in [0, 0.05) is 25.0 Å². The van der Waals surface area contributed by atoms with Crippen molar-refractivity contribution in [3.05, 3.63) is 18.0 Å². The first-order valence-corrected chi connectivity index (χ1v) is 4.97. The van der Waals surface area contributed by atoms with Crippen molar-refractivity contribution in [2.75, 3.05) is 18.5 Å². The van der Waals surface area contributed by atoms with Crippen molar-refractivity contribution in [2.24, 2.45) is 0 Å². The van der Waals surface area contributed by atoms with E-state index < -0.39 is 0 Å². The van der Waals surface area contributed by atoms with Gasteiger partial charge < -0.3 is 10.4 Å². The summed E-state index contributed by atoms with van der Waals surface area (Å²) in [5, 5.41) is 11.7. The van der Waals surface area contributed by atoms with Crippen molar-refractivity contribution in [3.8, 4) is 0 Å². The number of aliphatic hydroxyl groups excluding tert-OH is 1. The highest BCUT2D eigenvalue weighted by Crippen LogP contribution is 2.00. The van der Waals surface area contributed by atoms with Crippen LogP contribution in [-0.4, -0.2) is 28.2 Å². The lowest BCUT2D eigenvalue weighted by Crippen LogP contribution is -2.05. The average molecular weight is 195 g/mol. The second-order valence-electron chi connectivity index (χ2n) is 3.23. The number of rotatable bonds is 6. The van der Waals surface area contributed by atoms with Crippen LogP contribution in [0.1, 0.15) is 25.0 Å². The molecule has 1 aromatic rings. The van der Waals surface area contributed by atoms with E-state index in [1.54, 1.807) is 6.20 Å². The Morgan fingerprint density at radius 1 is 1.36 bits per heavy atom. The number of hydrogen-bond donors (Lipinski definition) is 2. The molecule has 78 valence electrons. The van der Waals surface area contributed by atoms with Crippen LogP contribution in [0.4, 0.5) is 5.95 Å². The molecule has 0 aliphatic rings. The largest absolute Gasteiger partial charge is 0.396 e. The Labute approximate surface area is 84.4 Å². The molecule has 0 radical (unpaired) electrons. The highest BCUT2D eigenvalue weighted by Gasteiger charge is 1.94. The Bertz CT molecular complexity index is 265. The third-order valence-electron chi connectivity index (χ3n) is 1.91. The Kier molecular flexibility index (Phi) is 4.93. The van der Waals surface area contributed by atoms with E-state index in [1.807, 2.05) is 13.0 Å². The zero-order valence-corrected chi connectivity index (χ0v) is 8.53. The Morgan fingerprint density at radius 3 is 2.93 bits per heavy atom. The third kappa shape index (κ3) is 4.18. The predicted octanol–water partition coefficient (Wildman–Crippen LogP) is 1.36. The van der Waals surface area contributed by atoms with E-state index in [0.717, 1.165) is 31.5 Å². The molecular formula is C10H17N3O. The van der Waals surface area contributed by atoms with Crippen LogP contribution < -0.4 is 5.32 Å². The highest BCUT2D eigenvalue weighted by atomic mass is 16.2. The molecule has 0 bridgehead atoms. The summed E-state index contributed by atoms with van der Waals surface area (Å²) in [6.45, 7) is 3.09. The van der Waals surface area contributed by atoms with Crippen LogP contribution in [0.2, 0.25) is 0 Å². The number of aliphatic hydroxyl groups is 1. The Hall–Kier alpha value is -1.16. The lowest BCUT2D eigenvalue weighted by atomic mass is 10.2. The molecule has 4 heteroatoms. The van der Waals surface area contributed by atoms with E-state index in [0.29, 0.717) is 5.95 Å². The molecule has 1 aromatic heterocycles. The van der Waals surface area contributed by atoms with Crippen molar-refractivity contribution >= 4 is 5.95 Å². The highest BCUT2D eigenvalue weighted by molar-refractivity contribution is 5.24. The van der Waals surface area contributed by atoms with Gasteiger partial charge in [-0.1, -0.05) is 0 Å². The number of aryl methyl sites for hydroxylation is 1. The normalized spacial score (nSPS) is 10.1. The van der Waals surface area contributed by atoms with Gasteiger partial charge >= 0.3 is 0 Å². The molecule has 0 spiro atoms. The van der Waals surface area contributed by atoms with E-state index in [4.69, 9.17) is 5.11 Å². The van der Waals surface area contributed by atoms with E-state index in [-0.39, 0.29) is 6.61 Å². The second-order valence-corrected chi connectivity index (χ2v) is 3.23. The molecule has 0 saturated carbocycles. The molecule has 0 amide bonds. The molecular weight excluding hydrogens is 178 g/mol. The number of aromatic nitrogens is 2. The molecule has 0 aliphatic carbocycles. The van der Waals surface area contributed by atoms with Crippen LogP contribution in [0, 0.1) is 6.92 Å². The van der Waals surface area contributed by atoms with Gasteiger partial charge in [-0.3, -0.25) is 0 Å². The number of nitrogens with zero attached hydrogens (tertiary/aromatic N) is 2. The third-order valence-corrected chi connectivity index (χ3v) is 1.91. The van der Waals surface area contributed by atoms with Crippen LogP contribution >= 0.6 is 0 Å². The molecule has 2 N–H and O–H groups in total. The number of hydrogen-bond acceptors (Lipinski definition) is 4. The summed E-state index contributed by atoms with van der Waals surface area (Å²) < 4.78 is 0. The van der Waals surface area contributed by atoms with Gasteiger partial charge in [-0.15, -0.1) is 0 Å². The fourth-order valence-corrected chi connectivity index (χ4v) is 1.15. The van der Waals surface area contributed by atoms with E-state index >= 15 is 0 Å². The van der Waals surface area contributed by atoms with Gasteiger partial charge in [0.1, 0.15) is 0 Å². The molecule has 0 saturated heterocycles. The quantitative estimate of drug-likeness (QED) is 0.673. The Balaban J connectivity index is 2.18. The van der Waals surface area contributed by atoms with Crippen LogP contribution in [0.3, 0.4) is 0 Å². The van der Waals surface area contributed by atoms with Gasteiger partial charge in [0.05, 0.1) is 0 Å². The first-order valence-electron chi connectivity index (χ1n) is 4.97. The number of anilines is 1. The smallest absolute Gasteiger partial charge is 0.222 e. The summed E-state index contributed by atoms with van der Waals surface area (Å²) in [6.07, 6.45) is 4.70. The first-order chi connectivity index (χ1) is 6.83. The molecule has 4 nitrogen and oxygen atoms in total. The summed E-state index contributed by atoms with van der Waals surface area (Å²) >= 11 is 0. The second kappa shape index (κ2) is 6.32. The van der Waals surface area contributed by atoms with Crippen LogP contribution in [0.15, 0.2) is 12.3 Å². The predicted molar refractivity (Wildman–Crippen MR) is 56.2 cm³/mol. The summed E-state index contributed by atoms with van der Waals surface area (Å²) in [6, 6.07) is 1.87. The fraction of sp³-hybridized carbons (Fsp3) is 0.600. The van der Waals surface area contributed by atoms with Crippen molar-refractivity contribution in [1.82, 2.24) is 9.97 Å². The van der Waals surface area contributed by atoms with Crippen molar-refractivity contribution in [2.45, 2.75) is 26.2 Å². The van der Waals surface area contributed by atoms with Crippen LogP contribution in [0.5, 0.6) is 0 Å². The van der Waals surface area contributed by atoms with E-state index in [2.05, 4.69) is 15.3 Å². The summed E-state index contributed by atoms with van der Waals surface area (Å²) in [5.74, 6) is 0.689. The fourth-order valence-electron chi connectivity index (χ4n) is 1.15. The van der Waals surface area contributed by atoms with Crippen molar-refractivity contribution < 1.29 is 5.11 Å². The maximum atomic E-state index is 8.57. The van der Waals surface area contributed by atoms with Gasteiger partial charge in [0.2, 0.25) is 5.95 Å². The van der Waals surface area contributed by atoms with Gasteiger partial charge in [-0.25, -0.2) is 9.97 Å². The minimum atomic E-state index is 0.279. The van der Waals surface area contributed by atoms with Crippen molar-refractivity contribution in [1.29, 1.82) is 0 Å². The van der Waals surface area contributed by atoms with Crippen molar-refractivity contribution in [3.63, 3.8) is 0 Å².